The Labute approximate surface area is 218 Å². The van der Waals surface area contributed by atoms with Crippen molar-refractivity contribution in [2.75, 3.05) is 18.1 Å². The maximum atomic E-state index is 13.4. The van der Waals surface area contributed by atoms with Gasteiger partial charge in [-0.1, -0.05) is 35.9 Å². The van der Waals surface area contributed by atoms with Gasteiger partial charge in [-0.3, -0.25) is 20.3 Å². The van der Waals surface area contributed by atoms with Gasteiger partial charge in [-0.05, 0) is 47.9 Å². The third-order valence-corrected chi connectivity index (χ3v) is 6.02. The molecule has 0 aliphatic carbocycles. The van der Waals surface area contributed by atoms with Crippen molar-refractivity contribution in [3.63, 3.8) is 0 Å². The van der Waals surface area contributed by atoms with E-state index in [1.54, 1.807) is 18.2 Å². The van der Waals surface area contributed by atoms with Gasteiger partial charge in [0.2, 0.25) is 0 Å². The van der Waals surface area contributed by atoms with Crippen molar-refractivity contribution in [3.05, 3.63) is 93.0 Å². The number of amides is 1. The predicted octanol–water partition coefficient (Wildman–Crippen LogP) is 4.04. The van der Waals surface area contributed by atoms with E-state index in [4.69, 9.17) is 32.2 Å². The minimum Gasteiger partial charge on any atom is -0.493 e. The van der Waals surface area contributed by atoms with Crippen molar-refractivity contribution >= 4 is 34.8 Å². The molecule has 3 aromatic carbocycles. The molecular formula is C26H26ClN5O5. The summed E-state index contributed by atoms with van der Waals surface area (Å²) in [5.41, 5.74) is 7.35. The number of non-ortho nitro benzene ring substituents is 1. The second-order valence-electron chi connectivity index (χ2n) is 8.44. The molecule has 1 heterocycles. The molecule has 0 fully saturated rings. The molecule has 1 unspecified atom stereocenters. The van der Waals surface area contributed by atoms with Gasteiger partial charge in [0.1, 0.15) is 11.5 Å². The quantitative estimate of drug-likeness (QED) is 0.157. The topological polar surface area (TPSA) is 144 Å². The first-order valence-corrected chi connectivity index (χ1v) is 12.0. The molecule has 1 atom stereocenters. The lowest BCUT2D eigenvalue weighted by Gasteiger charge is -2.34. The van der Waals surface area contributed by atoms with Crippen molar-refractivity contribution in [1.29, 1.82) is 5.41 Å². The zero-order valence-corrected chi connectivity index (χ0v) is 20.6. The lowest BCUT2D eigenvalue weighted by molar-refractivity contribution is -0.384. The molecule has 0 saturated carbocycles. The van der Waals surface area contributed by atoms with Crippen LogP contribution in [-0.4, -0.2) is 36.0 Å². The standard InChI is InChI=1S/C26H26ClN5O5/c27-19-3-1-2-18(14-19)16-31-22-15-20(32(34)35)6-9-23(22)37-24(25(31)33)11-13-36-21-7-4-17(5-8-21)10-12-30-26(28)29/h1-9,14-15,24H,10-13,16H2,(H4,28,29,30). The van der Waals surface area contributed by atoms with Crippen LogP contribution in [0.2, 0.25) is 5.02 Å². The second-order valence-corrected chi connectivity index (χ2v) is 8.88. The summed E-state index contributed by atoms with van der Waals surface area (Å²) < 4.78 is 11.8. The van der Waals surface area contributed by atoms with Gasteiger partial charge in [-0.15, -0.1) is 0 Å². The lowest BCUT2D eigenvalue weighted by Crippen LogP contribution is -2.46. The van der Waals surface area contributed by atoms with Crippen LogP contribution in [0.1, 0.15) is 17.5 Å². The van der Waals surface area contributed by atoms with E-state index < -0.39 is 11.0 Å². The summed E-state index contributed by atoms with van der Waals surface area (Å²) >= 11 is 6.12. The zero-order valence-electron chi connectivity index (χ0n) is 19.9. The van der Waals surface area contributed by atoms with Crippen LogP contribution >= 0.6 is 11.6 Å². The minimum atomic E-state index is -0.815. The number of anilines is 1. The normalized spacial score (nSPS) is 14.5. The number of nitrogens with two attached hydrogens (primary N) is 1. The van der Waals surface area contributed by atoms with Crippen LogP contribution in [0.3, 0.4) is 0 Å². The molecule has 10 nitrogen and oxygen atoms in total. The van der Waals surface area contributed by atoms with Crippen molar-refractivity contribution in [2.24, 2.45) is 5.73 Å². The molecule has 0 bridgehead atoms. The summed E-state index contributed by atoms with van der Waals surface area (Å²) in [6, 6.07) is 18.9. The minimum absolute atomic E-state index is 0.0635. The fourth-order valence-corrected chi connectivity index (χ4v) is 4.18. The molecule has 3 aromatic rings. The number of halogens is 1. The van der Waals surface area contributed by atoms with Gasteiger partial charge in [-0.25, -0.2) is 0 Å². The zero-order chi connectivity index (χ0) is 26.4. The van der Waals surface area contributed by atoms with E-state index in [1.807, 2.05) is 30.3 Å². The Morgan fingerprint density at radius 3 is 2.65 bits per heavy atom. The Balaban J connectivity index is 1.43. The smallest absolute Gasteiger partial charge is 0.271 e. The molecule has 4 rings (SSSR count). The molecule has 37 heavy (non-hydrogen) atoms. The number of nitro groups is 1. The van der Waals surface area contributed by atoms with E-state index in [2.05, 4.69) is 5.32 Å². The largest absolute Gasteiger partial charge is 0.493 e. The van der Waals surface area contributed by atoms with E-state index >= 15 is 0 Å². The van der Waals surface area contributed by atoms with Gasteiger partial charge in [0.15, 0.2) is 12.1 Å². The first kappa shape index (κ1) is 25.8. The van der Waals surface area contributed by atoms with Crippen LogP contribution in [0.5, 0.6) is 11.5 Å². The van der Waals surface area contributed by atoms with E-state index in [0.29, 0.717) is 35.2 Å². The summed E-state index contributed by atoms with van der Waals surface area (Å²) in [7, 11) is 0. The van der Waals surface area contributed by atoms with Crippen molar-refractivity contribution in [3.8, 4) is 11.5 Å². The summed E-state index contributed by atoms with van der Waals surface area (Å²) in [6.07, 6.45) is 0.181. The third kappa shape index (κ3) is 6.68. The summed E-state index contributed by atoms with van der Waals surface area (Å²) in [6.45, 7) is 0.982. The number of carbonyl (C=O) groups excluding carboxylic acids is 1. The number of fused-ring (bicyclic) bond motifs is 1. The molecule has 0 saturated heterocycles. The number of carbonyl (C=O) groups is 1. The fraction of sp³-hybridized carbons (Fsp3) is 0.231. The van der Waals surface area contributed by atoms with Gasteiger partial charge in [0.05, 0.1) is 23.8 Å². The predicted molar refractivity (Wildman–Crippen MR) is 140 cm³/mol. The highest BCUT2D eigenvalue weighted by atomic mass is 35.5. The number of benzene rings is 3. The third-order valence-electron chi connectivity index (χ3n) is 5.79. The average molecular weight is 524 g/mol. The highest BCUT2D eigenvalue weighted by molar-refractivity contribution is 6.30. The van der Waals surface area contributed by atoms with Crippen LogP contribution in [0, 0.1) is 15.5 Å². The average Bonchev–Trinajstić information content (AvgIpc) is 2.87. The van der Waals surface area contributed by atoms with Gasteiger partial charge in [0.25, 0.3) is 11.6 Å². The fourth-order valence-electron chi connectivity index (χ4n) is 3.97. The Hall–Kier alpha value is -4.31. The maximum Gasteiger partial charge on any atom is 0.271 e. The second kappa shape index (κ2) is 11.6. The van der Waals surface area contributed by atoms with Gasteiger partial charge in [-0.2, -0.15) is 0 Å². The first-order chi connectivity index (χ1) is 17.8. The molecule has 0 aromatic heterocycles. The number of nitrogens with zero attached hydrogens (tertiary/aromatic N) is 2. The number of nitrogens with one attached hydrogen (secondary N) is 2. The Morgan fingerprint density at radius 1 is 1.16 bits per heavy atom. The first-order valence-electron chi connectivity index (χ1n) is 11.6. The Kier molecular flexibility index (Phi) is 8.09. The molecule has 0 spiro atoms. The lowest BCUT2D eigenvalue weighted by atomic mass is 10.1. The van der Waals surface area contributed by atoms with E-state index in [1.165, 1.54) is 23.1 Å². The highest BCUT2D eigenvalue weighted by Crippen LogP contribution is 2.38. The van der Waals surface area contributed by atoms with Crippen molar-refractivity contribution < 1.29 is 19.2 Å². The molecule has 192 valence electrons. The van der Waals surface area contributed by atoms with Gasteiger partial charge in [0, 0.05) is 30.1 Å². The number of ether oxygens (including phenoxy) is 2. The number of nitro benzene ring substituents is 1. The van der Waals surface area contributed by atoms with Crippen LogP contribution in [0.25, 0.3) is 0 Å². The maximum absolute atomic E-state index is 13.4. The van der Waals surface area contributed by atoms with E-state index in [-0.39, 0.29) is 37.1 Å². The van der Waals surface area contributed by atoms with Crippen LogP contribution in [0.4, 0.5) is 11.4 Å². The summed E-state index contributed by atoms with van der Waals surface area (Å²) in [5.74, 6) is 0.662. The SMILES string of the molecule is N=C(N)NCCc1ccc(OCCC2Oc3ccc([N+](=O)[O-])cc3N(Cc3cccc(Cl)c3)C2=O)cc1. The van der Waals surface area contributed by atoms with E-state index in [9.17, 15) is 14.9 Å². The summed E-state index contributed by atoms with van der Waals surface area (Å²) in [5, 5.41) is 21.8. The Bertz CT molecular complexity index is 1300. The van der Waals surface area contributed by atoms with Gasteiger partial charge >= 0.3 is 0 Å². The molecule has 1 aliphatic rings. The highest BCUT2D eigenvalue weighted by Gasteiger charge is 2.35. The monoisotopic (exact) mass is 523 g/mol. The van der Waals surface area contributed by atoms with Gasteiger partial charge < -0.3 is 25.4 Å². The van der Waals surface area contributed by atoms with Crippen LogP contribution < -0.4 is 25.4 Å². The number of guanidine groups is 1. The molecule has 4 N–H and O–H groups in total. The molecular weight excluding hydrogens is 498 g/mol. The van der Waals surface area contributed by atoms with Crippen molar-refractivity contribution in [2.45, 2.75) is 25.5 Å². The number of rotatable bonds is 10. The molecule has 1 amide bonds. The molecule has 11 heteroatoms. The number of hydrogen-bond donors (Lipinski definition) is 3. The van der Waals surface area contributed by atoms with Crippen LogP contribution in [0.15, 0.2) is 66.7 Å². The van der Waals surface area contributed by atoms with Crippen LogP contribution in [-0.2, 0) is 17.8 Å². The number of hydrogen-bond acceptors (Lipinski definition) is 6. The van der Waals surface area contributed by atoms with Crippen molar-refractivity contribution in [1.82, 2.24) is 5.32 Å². The summed E-state index contributed by atoms with van der Waals surface area (Å²) in [4.78, 5) is 25.7. The van der Waals surface area contributed by atoms with E-state index in [0.717, 1.165) is 11.1 Å². The Morgan fingerprint density at radius 2 is 1.95 bits per heavy atom. The molecule has 0 radical (unpaired) electrons. The molecule has 1 aliphatic heterocycles.